The molecular weight excluding hydrogens is 683 g/mol. The van der Waals surface area contributed by atoms with Gasteiger partial charge in [-0.2, -0.15) is 0 Å². The summed E-state index contributed by atoms with van der Waals surface area (Å²) in [6.07, 6.45) is 45.1. The summed E-state index contributed by atoms with van der Waals surface area (Å²) < 4.78 is 13.5. The van der Waals surface area contributed by atoms with Crippen molar-refractivity contribution in [3.8, 4) is 0 Å². The monoisotopic (exact) mass is 774 g/mol. The lowest BCUT2D eigenvalue weighted by atomic mass is 9.94. The highest BCUT2D eigenvalue weighted by Gasteiger charge is 2.19. The van der Waals surface area contributed by atoms with Gasteiger partial charge < -0.3 is 18.9 Å². The van der Waals surface area contributed by atoms with Crippen LogP contribution in [0, 0.1) is 5.92 Å². The van der Waals surface area contributed by atoms with Gasteiger partial charge in [0.2, 0.25) is 0 Å². The SMILES string of the molecule is CCCCCCCCCOC(=O)CCCCCCCN(CCCCCCCOC(=O)C(CCCCCCCC)CCCCCCCC)CCCn1ccnc1. The number of rotatable bonds is 43. The lowest BCUT2D eigenvalue weighted by Gasteiger charge is -2.22. The molecule has 0 aliphatic rings. The first-order valence-corrected chi connectivity index (χ1v) is 24.1. The zero-order chi connectivity index (χ0) is 39.7. The number of carbonyl (C=O) groups excluding carboxylic acids is 2. The van der Waals surface area contributed by atoms with Gasteiger partial charge in [-0.1, -0.05) is 175 Å². The number of unbranched alkanes of at least 4 members (excludes halogenated alkanes) is 24. The minimum Gasteiger partial charge on any atom is -0.466 e. The fraction of sp³-hybridized carbons (Fsp3) is 0.896. The molecule has 7 nitrogen and oxygen atoms in total. The third-order valence-electron chi connectivity index (χ3n) is 11.3. The van der Waals surface area contributed by atoms with Crippen molar-refractivity contribution in [1.82, 2.24) is 14.5 Å². The minimum absolute atomic E-state index is 0.0118. The number of esters is 2. The van der Waals surface area contributed by atoms with E-state index in [0.717, 1.165) is 90.4 Å². The summed E-state index contributed by atoms with van der Waals surface area (Å²) in [5, 5.41) is 0. The zero-order valence-electron chi connectivity index (χ0n) is 36.9. The zero-order valence-corrected chi connectivity index (χ0v) is 36.9. The van der Waals surface area contributed by atoms with E-state index in [-0.39, 0.29) is 17.9 Å². The average Bonchev–Trinajstić information content (AvgIpc) is 3.71. The second-order valence-corrected chi connectivity index (χ2v) is 16.6. The third kappa shape index (κ3) is 33.9. The lowest BCUT2D eigenvalue weighted by molar-refractivity contribution is -0.149. The van der Waals surface area contributed by atoms with Crippen molar-refractivity contribution in [3.05, 3.63) is 18.7 Å². The van der Waals surface area contributed by atoms with E-state index >= 15 is 0 Å². The molecule has 322 valence electrons. The summed E-state index contributed by atoms with van der Waals surface area (Å²) in [4.78, 5) is 32.0. The van der Waals surface area contributed by atoms with Crippen LogP contribution in [0.5, 0.6) is 0 Å². The Morgan fingerprint density at radius 3 is 1.47 bits per heavy atom. The van der Waals surface area contributed by atoms with Crippen molar-refractivity contribution in [2.45, 2.75) is 239 Å². The number of carbonyl (C=O) groups is 2. The molecule has 0 radical (unpaired) electrons. The molecule has 1 aromatic heterocycles. The fourth-order valence-corrected chi connectivity index (χ4v) is 7.66. The third-order valence-corrected chi connectivity index (χ3v) is 11.3. The van der Waals surface area contributed by atoms with E-state index in [1.54, 1.807) is 0 Å². The van der Waals surface area contributed by atoms with Gasteiger partial charge in [-0.3, -0.25) is 9.59 Å². The Morgan fingerprint density at radius 2 is 0.964 bits per heavy atom. The van der Waals surface area contributed by atoms with E-state index in [2.05, 4.69) is 41.4 Å². The molecule has 0 saturated heterocycles. The van der Waals surface area contributed by atoms with Gasteiger partial charge in [-0.05, 0) is 71.0 Å². The van der Waals surface area contributed by atoms with Gasteiger partial charge in [-0.15, -0.1) is 0 Å². The van der Waals surface area contributed by atoms with E-state index in [1.807, 2.05) is 12.5 Å². The Balaban J connectivity index is 2.24. The molecule has 1 aromatic rings. The van der Waals surface area contributed by atoms with E-state index < -0.39 is 0 Å². The average molecular weight is 774 g/mol. The lowest BCUT2D eigenvalue weighted by Crippen LogP contribution is -2.28. The van der Waals surface area contributed by atoms with Crippen LogP contribution in [0.3, 0.4) is 0 Å². The smallest absolute Gasteiger partial charge is 0.308 e. The number of hydrogen-bond acceptors (Lipinski definition) is 6. The van der Waals surface area contributed by atoms with Crippen molar-refractivity contribution in [1.29, 1.82) is 0 Å². The van der Waals surface area contributed by atoms with Crippen molar-refractivity contribution >= 4 is 11.9 Å². The molecule has 0 bridgehead atoms. The minimum atomic E-state index is -0.0118. The predicted molar refractivity (Wildman–Crippen MR) is 233 cm³/mol. The van der Waals surface area contributed by atoms with Gasteiger partial charge in [0, 0.05) is 25.4 Å². The van der Waals surface area contributed by atoms with Crippen LogP contribution in [0.1, 0.15) is 233 Å². The summed E-state index contributed by atoms with van der Waals surface area (Å²) in [6.45, 7) is 12.4. The molecule has 0 atom stereocenters. The summed E-state index contributed by atoms with van der Waals surface area (Å²) in [7, 11) is 0. The van der Waals surface area contributed by atoms with Crippen molar-refractivity contribution in [3.63, 3.8) is 0 Å². The molecule has 1 heterocycles. The van der Waals surface area contributed by atoms with Crippen LogP contribution >= 0.6 is 0 Å². The normalized spacial score (nSPS) is 11.6. The molecule has 0 fully saturated rings. The molecule has 55 heavy (non-hydrogen) atoms. The van der Waals surface area contributed by atoms with Gasteiger partial charge in [0.15, 0.2) is 0 Å². The van der Waals surface area contributed by atoms with E-state index in [0.29, 0.717) is 19.6 Å². The first-order valence-electron chi connectivity index (χ1n) is 24.1. The highest BCUT2D eigenvalue weighted by atomic mass is 16.5. The highest BCUT2D eigenvalue weighted by Crippen LogP contribution is 2.21. The molecule has 0 unspecified atom stereocenters. The Bertz CT molecular complexity index is 924. The Morgan fingerprint density at radius 1 is 0.527 bits per heavy atom. The Labute approximate surface area is 341 Å². The van der Waals surface area contributed by atoms with E-state index in [9.17, 15) is 9.59 Å². The highest BCUT2D eigenvalue weighted by molar-refractivity contribution is 5.72. The van der Waals surface area contributed by atoms with Gasteiger partial charge in [0.1, 0.15) is 0 Å². The Hall–Kier alpha value is -1.89. The van der Waals surface area contributed by atoms with Crippen molar-refractivity contribution in [2.24, 2.45) is 5.92 Å². The fourth-order valence-electron chi connectivity index (χ4n) is 7.66. The van der Waals surface area contributed by atoms with Crippen LogP contribution in [0.4, 0.5) is 0 Å². The van der Waals surface area contributed by atoms with Crippen LogP contribution in [-0.2, 0) is 25.6 Å². The molecule has 1 rings (SSSR count). The standard InChI is InChI=1S/C48H91N3O4/c1-4-7-10-13-16-24-31-43-54-47(52)36-28-21-17-22-29-38-50(40-33-41-51-42-37-49-45-51)39-30-23-18-25-32-44-55-48(53)46(34-26-19-14-11-8-5-2)35-27-20-15-12-9-6-3/h37,42,45-46H,4-36,38-41,43-44H2,1-3H3. The summed E-state index contributed by atoms with van der Waals surface area (Å²) in [6, 6.07) is 0. The maximum atomic E-state index is 13.1. The quantitative estimate of drug-likeness (QED) is 0.0486. The van der Waals surface area contributed by atoms with Crippen LogP contribution in [0.2, 0.25) is 0 Å². The number of imidazole rings is 1. The Kier molecular flexibility index (Phi) is 37.5. The van der Waals surface area contributed by atoms with E-state index in [4.69, 9.17) is 9.47 Å². The van der Waals surface area contributed by atoms with Crippen LogP contribution < -0.4 is 0 Å². The van der Waals surface area contributed by atoms with Gasteiger partial charge in [0.05, 0.1) is 25.5 Å². The first kappa shape index (κ1) is 51.1. The maximum Gasteiger partial charge on any atom is 0.308 e. The van der Waals surface area contributed by atoms with Crippen molar-refractivity contribution < 1.29 is 19.1 Å². The number of nitrogens with zero attached hydrogens (tertiary/aromatic N) is 3. The second kappa shape index (κ2) is 40.3. The molecule has 0 aromatic carbocycles. The molecule has 0 amide bonds. The van der Waals surface area contributed by atoms with Gasteiger partial charge in [0.25, 0.3) is 0 Å². The van der Waals surface area contributed by atoms with E-state index in [1.165, 1.54) is 141 Å². The maximum absolute atomic E-state index is 13.1. The molecule has 0 aliphatic heterocycles. The molecule has 0 saturated carbocycles. The van der Waals surface area contributed by atoms with Crippen LogP contribution in [0.25, 0.3) is 0 Å². The van der Waals surface area contributed by atoms with Crippen molar-refractivity contribution in [2.75, 3.05) is 32.8 Å². The molecule has 7 heteroatoms. The first-order chi connectivity index (χ1) is 27.1. The number of hydrogen-bond donors (Lipinski definition) is 0. The van der Waals surface area contributed by atoms with Crippen LogP contribution in [-0.4, -0.2) is 59.2 Å². The molecule has 0 spiro atoms. The predicted octanol–water partition coefficient (Wildman–Crippen LogP) is 13.8. The molecule has 0 aliphatic carbocycles. The molecule has 0 N–H and O–H groups in total. The van der Waals surface area contributed by atoms with Gasteiger partial charge >= 0.3 is 11.9 Å². The number of ether oxygens (including phenoxy) is 2. The number of aromatic nitrogens is 2. The second-order valence-electron chi connectivity index (χ2n) is 16.6. The largest absolute Gasteiger partial charge is 0.466 e. The topological polar surface area (TPSA) is 73.7 Å². The number of aryl methyl sites for hydroxylation is 1. The molecular formula is C48H91N3O4. The van der Waals surface area contributed by atoms with Crippen LogP contribution in [0.15, 0.2) is 18.7 Å². The summed E-state index contributed by atoms with van der Waals surface area (Å²) in [5.41, 5.74) is 0. The summed E-state index contributed by atoms with van der Waals surface area (Å²) in [5.74, 6) is 0.164. The van der Waals surface area contributed by atoms with Gasteiger partial charge in [-0.25, -0.2) is 4.98 Å². The summed E-state index contributed by atoms with van der Waals surface area (Å²) >= 11 is 0.